The molecule has 0 amide bonds. The Bertz CT molecular complexity index is 633. The predicted octanol–water partition coefficient (Wildman–Crippen LogP) is 0.730. The summed E-state index contributed by atoms with van der Waals surface area (Å²) in [6.07, 6.45) is 2.29. The molecule has 0 saturated carbocycles. The van der Waals surface area contributed by atoms with Crippen LogP contribution >= 0.6 is 0 Å². The number of ether oxygens (including phenoxy) is 1. The molecule has 8 heteroatoms. The molecule has 22 heavy (non-hydrogen) atoms. The zero-order chi connectivity index (χ0) is 16.2. The Morgan fingerprint density at radius 2 is 2.09 bits per heavy atom. The van der Waals surface area contributed by atoms with Gasteiger partial charge in [-0.1, -0.05) is 0 Å². The van der Waals surface area contributed by atoms with E-state index in [4.69, 9.17) is 4.74 Å². The number of pyridine rings is 1. The lowest BCUT2D eigenvalue weighted by atomic mass is 10.2. The standard InChI is InChI=1S/C14H21N3O4S/c1-3-22(19,20)17-8-4-7-16(9-10-17)13-11-12(5-6-15-13)14(18)21-2/h5-6,11H,3-4,7-10H2,1-2H3. The SMILES string of the molecule is CCS(=O)(=O)N1CCCN(c2cc(C(=O)OC)ccn2)CC1. The van der Waals surface area contributed by atoms with Gasteiger partial charge in [0.05, 0.1) is 18.4 Å². The van der Waals surface area contributed by atoms with E-state index in [9.17, 15) is 13.2 Å². The molecule has 0 radical (unpaired) electrons. The van der Waals surface area contributed by atoms with E-state index in [0.29, 0.717) is 37.6 Å². The van der Waals surface area contributed by atoms with Gasteiger partial charge in [0.1, 0.15) is 5.82 Å². The minimum atomic E-state index is -3.16. The number of nitrogens with zero attached hydrogens (tertiary/aromatic N) is 3. The van der Waals surface area contributed by atoms with E-state index in [1.54, 1.807) is 25.3 Å². The van der Waals surface area contributed by atoms with E-state index >= 15 is 0 Å². The first-order valence-corrected chi connectivity index (χ1v) is 8.86. The van der Waals surface area contributed by atoms with Gasteiger partial charge in [-0.05, 0) is 25.5 Å². The Kier molecular flexibility index (Phi) is 5.36. The highest BCUT2D eigenvalue weighted by molar-refractivity contribution is 7.89. The Morgan fingerprint density at radius 3 is 2.77 bits per heavy atom. The highest BCUT2D eigenvalue weighted by Gasteiger charge is 2.24. The van der Waals surface area contributed by atoms with Gasteiger partial charge < -0.3 is 9.64 Å². The minimum Gasteiger partial charge on any atom is -0.465 e. The van der Waals surface area contributed by atoms with E-state index in [2.05, 4.69) is 4.98 Å². The molecule has 2 rings (SSSR count). The third-order valence-electron chi connectivity index (χ3n) is 3.70. The Hall–Kier alpha value is -1.67. The summed E-state index contributed by atoms with van der Waals surface area (Å²) >= 11 is 0. The number of sulfonamides is 1. The van der Waals surface area contributed by atoms with Crippen LogP contribution in [0.1, 0.15) is 23.7 Å². The topological polar surface area (TPSA) is 79.8 Å². The average Bonchev–Trinajstić information content (AvgIpc) is 2.80. The van der Waals surface area contributed by atoms with E-state index in [0.717, 1.165) is 6.42 Å². The third kappa shape index (κ3) is 3.75. The first kappa shape index (κ1) is 16.7. The van der Waals surface area contributed by atoms with Crippen LogP contribution in [0.2, 0.25) is 0 Å². The van der Waals surface area contributed by atoms with Crippen LogP contribution in [-0.2, 0) is 14.8 Å². The van der Waals surface area contributed by atoms with Crippen LogP contribution in [0.3, 0.4) is 0 Å². The van der Waals surface area contributed by atoms with Gasteiger partial charge in [-0.2, -0.15) is 0 Å². The Morgan fingerprint density at radius 1 is 1.32 bits per heavy atom. The van der Waals surface area contributed by atoms with E-state index in [1.807, 2.05) is 4.90 Å². The first-order valence-electron chi connectivity index (χ1n) is 7.25. The second-order valence-corrected chi connectivity index (χ2v) is 7.29. The fourth-order valence-corrected chi connectivity index (χ4v) is 3.55. The van der Waals surface area contributed by atoms with E-state index < -0.39 is 16.0 Å². The normalized spacial score (nSPS) is 17.1. The van der Waals surface area contributed by atoms with Crippen molar-refractivity contribution in [2.24, 2.45) is 0 Å². The maximum atomic E-state index is 12.0. The number of carbonyl (C=O) groups excluding carboxylic acids is 1. The first-order chi connectivity index (χ1) is 10.5. The molecule has 0 unspecified atom stereocenters. The number of rotatable bonds is 4. The number of hydrogen-bond donors (Lipinski definition) is 0. The zero-order valence-electron chi connectivity index (χ0n) is 12.9. The molecule has 1 aromatic heterocycles. The number of esters is 1. The van der Waals surface area contributed by atoms with Crippen LogP contribution in [0.5, 0.6) is 0 Å². The van der Waals surface area contributed by atoms with Gasteiger partial charge in [-0.3, -0.25) is 0 Å². The molecule has 0 atom stereocenters. The maximum Gasteiger partial charge on any atom is 0.338 e. The average molecular weight is 327 g/mol. The van der Waals surface area contributed by atoms with Crippen molar-refractivity contribution in [2.45, 2.75) is 13.3 Å². The van der Waals surface area contributed by atoms with Gasteiger partial charge >= 0.3 is 5.97 Å². The van der Waals surface area contributed by atoms with Crippen molar-refractivity contribution in [2.75, 3.05) is 43.9 Å². The Labute approximate surface area is 130 Å². The Balaban J connectivity index is 2.13. The number of methoxy groups -OCH3 is 1. The van der Waals surface area contributed by atoms with Crippen molar-refractivity contribution in [1.82, 2.24) is 9.29 Å². The minimum absolute atomic E-state index is 0.114. The summed E-state index contributed by atoms with van der Waals surface area (Å²) in [7, 11) is -1.83. The van der Waals surface area contributed by atoms with Crippen molar-refractivity contribution in [3.8, 4) is 0 Å². The summed E-state index contributed by atoms with van der Waals surface area (Å²) in [6, 6.07) is 3.27. The summed E-state index contributed by atoms with van der Waals surface area (Å²) in [6.45, 7) is 3.85. The predicted molar refractivity (Wildman–Crippen MR) is 83.4 cm³/mol. The van der Waals surface area contributed by atoms with E-state index in [-0.39, 0.29) is 5.75 Å². The lowest BCUT2D eigenvalue weighted by molar-refractivity contribution is 0.0600. The number of anilines is 1. The molecular formula is C14H21N3O4S. The van der Waals surface area contributed by atoms with Gasteiger partial charge in [-0.25, -0.2) is 22.5 Å². The summed E-state index contributed by atoms with van der Waals surface area (Å²) in [5.74, 6) is 0.371. The molecule has 0 bridgehead atoms. The molecule has 1 aliphatic rings. The van der Waals surface area contributed by atoms with Crippen LogP contribution in [0, 0.1) is 0 Å². The second kappa shape index (κ2) is 7.06. The van der Waals surface area contributed by atoms with Gasteiger partial charge in [0, 0.05) is 32.4 Å². The molecule has 2 heterocycles. The van der Waals surface area contributed by atoms with Gasteiger partial charge in [0.2, 0.25) is 10.0 Å². The molecular weight excluding hydrogens is 306 g/mol. The highest BCUT2D eigenvalue weighted by Crippen LogP contribution is 2.17. The van der Waals surface area contributed by atoms with Gasteiger partial charge in [0.25, 0.3) is 0 Å². The molecule has 0 aromatic carbocycles. The van der Waals surface area contributed by atoms with Crippen molar-refractivity contribution in [3.05, 3.63) is 23.9 Å². The van der Waals surface area contributed by atoms with Gasteiger partial charge in [0.15, 0.2) is 0 Å². The van der Waals surface area contributed by atoms with Crippen LogP contribution in [0.4, 0.5) is 5.82 Å². The molecule has 7 nitrogen and oxygen atoms in total. The van der Waals surface area contributed by atoms with Crippen LogP contribution in [-0.4, -0.2) is 62.7 Å². The summed E-state index contributed by atoms with van der Waals surface area (Å²) in [5, 5.41) is 0. The molecule has 122 valence electrons. The molecule has 1 fully saturated rings. The molecule has 0 spiro atoms. The zero-order valence-corrected chi connectivity index (χ0v) is 13.7. The highest BCUT2D eigenvalue weighted by atomic mass is 32.2. The molecule has 0 aliphatic carbocycles. The lowest BCUT2D eigenvalue weighted by Crippen LogP contribution is -2.36. The molecule has 1 aromatic rings. The fourth-order valence-electron chi connectivity index (χ4n) is 2.42. The van der Waals surface area contributed by atoms with Crippen LogP contribution in [0.15, 0.2) is 18.3 Å². The summed E-state index contributed by atoms with van der Waals surface area (Å²) in [4.78, 5) is 17.9. The summed E-state index contributed by atoms with van der Waals surface area (Å²) in [5.41, 5.74) is 0.440. The molecule has 0 N–H and O–H groups in total. The molecule has 1 aliphatic heterocycles. The van der Waals surface area contributed by atoms with Gasteiger partial charge in [-0.15, -0.1) is 0 Å². The lowest BCUT2D eigenvalue weighted by Gasteiger charge is -2.22. The van der Waals surface area contributed by atoms with Crippen molar-refractivity contribution in [1.29, 1.82) is 0 Å². The third-order valence-corrected chi connectivity index (χ3v) is 5.59. The van der Waals surface area contributed by atoms with Crippen molar-refractivity contribution < 1.29 is 17.9 Å². The number of carbonyl (C=O) groups is 1. The van der Waals surface area contributed by atoms with E-state index in [1.165, 1.54) is 11.4 Å². The van der Waals surface area contributed by atoms with Crippen LogP contribution in [0.25, 0.3) is 0 Å². The van der Waals surface area contributed by atoms with Crippen LogP contribution < -0.4 is 4.90 Å². The monoisotopic (exact) mass is 327 g/mol. The number of aromatic nitrogens is 1. The largest absolute Gasteiger partial charge is 0.465 e. The quantitative estimate of drug-likeness (QED) is 0.759. The maximum absolute atomic E-state index is 12.0. The number of hydrogen-bond acceptors (Lipinski definition) is 6. The van der Waals surface area contributed by atoms with Crippen molar-refractivity contribution >= 4 is 21.8 Å². The fraction of sp³-hybridized carbons (Fsp3) is 0.571. The smallest absolute Gasteiger partial charge is 0.338 e. The second-order valence-electron chi connectivity index (χ2n) is 5.03. The molecule has 1 saturated heterocycles. The van der Waals surface area contributed by atoms with Crippen molar-refractivity contribution in [3.63, 3.8) is 0 Å². The summed E-state index contributed by atoms with van der Waals surface area (Å²) < 4.78 is 30.2.